The Morgan fingerprint density at radius 1 is 1.13 bits per heavy atom. The zero-order valence-electron chi connectivity index (χ0n) is 18.0. The molecular weight excluding hydrogens is 412 g/mol. The van der Waals surface area contributed by atoms with Crippen molar-refractivity contribution < 1.29 is 14.3 Å². The molecular formula is C23H26N4O3S. The topological polar surface area (TPSA) is 69.5 Å². The first-order valence-electron chi connectivity index (χ1n) is 10.3. The number of hydrogen-bond acceptors (Lipinski definition) is 6. The molecule has 0 bridgehead atoms. The third-order valence-electron chi connectivity index (χ3n) is 5.19. The lowest BCUT2D eigenvalue weighted by molar-refractivity contribution is -0.116. The fourth-order valence-corrected chi connectivity index (χ4v) is 4.35. The lowest BCUT2D eigenvalue weighted by Crippen LogP contribution is -2.30. The second kappa shape index (κ2) is 9.43. The maximum absolute atomic E-state index is 12.7. The fraction of sp³-hybridized carbons (Fsp3) is 0.348. The SMILES string of the molecule is CCOc1cc(C)ccc1OCc1nnc(SCC(=O)N2CCc3ccccc32)n1C. The largest absolute Gasteiger partial charge is 0.490 e. The van der Waals surface area contributed by atoms with Crippen LogP contribution in [0.3, 0.4) is 0 Å². The number of fused-ring (bicyclic) bond motifs is 1. The van der Waals surface area contributed by atoms with Gasteiger partial charge in [-0.1, -0.05) is 36.0 Å². The average Bonchev–Trinajstić information content (AvgIpc) is 3.35. The van der Waals surface area contributed by atoms with Gasteiger partial charge in [0.1, 0.15) is 6.61 Å². The monoisotopic (exact) mass is 438 g/mol. The highest BCUT2D eigenvalue weighted by molar-refractivity contribution is 7.99. The first kappa shape index (κ1) is 21.2. The summed E-state index contributed by atoms with van der Waals surface area (Å²) in [4.78, 5) is 14.6. The highest BCUT2D eigenvalue weighted by Crippen LogP contribution is 2.30. The molecule has 2 aromatic carbocycles. The van der Waals surface area contributed by atoms with Gasteiger partial charge in [-0.15, -0.1) is 10.2 Å². The highest BCUT2D eigenvalue weighted by Gasteiger charge is 2.24. The van der Waals surface area contributed by atoms with Crippen LogP contribution in [0.25, 0.3) is 0 Å². The van der Waals surface area contributed by atoms with Gasteiger partial charge in [-0.3, -0.25) is 4.79 Å². The quantitative estimate of drug-likeness (QED) is 0.499. The number of carbonyl (C=O) groups excluding carboxylic acids is 1. The highest BCUT2D eigenvalue weighted by atomic mass is 32.2. The zero-order valence-corrected chi connectivity index (χ0v) is 18.8. The Balaban J connectivity index is 1.36. The lowest BCUT2D eigenvalue weighted by Gasteiger charge is -2.16. The van der Waals surface area contributed by atoms with Crippen LogP contribution in [-0.2, 0) is 24.9 Å². The summed E-state index contributed by atoms with van der Waals surface area (Å²) in [6.45, 7) is 5.52. The molecule has 0 saturated heterocycles. The lowest BCUT2D eigenvalue weighted by atomic mass is 10.2. The minimum atomic E-state index is 0.0803. The minimum absolute atomic E-state index is 0.0803. The van der Waals surface area contributed by atoms with Crippen molar-refractivity contribution >= 4 is 23.4 Å². The predicted octanol–water partition coefficient (Wildman–Crippen LogP) is 3.78. The molecule has 0 unspecified atom stereocenters. The van der Waals surface area contributed by atoms with Crippen LogP contribution >= 0.6 is 11.8 Å². The van der Waals surface area contributed by atoms with Crippen LogP contribution in [0.4, 0.5) is 5.69 Å². The molecule has 7 nitrogen and oxygen atoms in total. The summed E-state index contributed by atoms with van der Waals surface area (Å²) in [6.07, 6.45) is 0.904. The molecule has 0 radical (unpaired) electrons. The van der Waals surface area contributed by atoms with Crippen molar-refractivity contribution in [2.24, 2.45) is 7.05 Å². The van der Waals surface area contributed by atoms with E-state index in [1.54, 1.807) is 0 Å². The number of rotatable bonds is 8. The van der Waals surface area contributed by atoms with Crippen molar-refractivity contribution in [1.82, 2.24) is 14.8 Å². The predicted molar refractivity (Wildman–Crippen MR) is 121 cm³/mol. The first-order chi connectivity index (χ1) is 15.1. The zero-order chi connectivity index (χ0) is 21.8. The van der Waals surface area contributed by atoms with E-state index in [2.05, 4.69) is 16.3 Å². The van der Waals surface area contributed by atoms with E-state index >= 15 is 0 Å². The second-order valence-electron chi connectivity index (χ2n) is 7.34. The molecule has 1 aliphatic rings. The normalized spacial score (nSPS) is 12.7. The molecule has 8 heteroatoms. The fourth-order valence-electron chi connectivity index (χ4n) is 3.54. The maximum Gasteiger partial charge on any atom is 0.237 e. The van der Waals surface area contributed by atoms with Crippen molar-refractivity contribution in [3.05, 3.63) is 59.4 Å². The van der Waals surface area contributed by atoms with Gasteiger partial charge in [0.2, 0.25) is 5.91 Å². The summed E-state index contributed by atoms with van der Waals surface area (Å²) in [6, 6.07) is 13.9. The van der Waals surface area contributed by atoms with Crippen LogP contribution in [0.2, 0.25) is 0 Å². The Morgan fingerprint density at radius 2 is 1.97 bits per heavy atom. The van der Waals surface area contributed by atoms with Gasteiger partial charge in [-0.05, 0) is 49.6 Å². The summed E-state index contributed by atoms with van der Waals surface area (Å²) in [5.41, 5.74) is 3.35. The van der Waals surface area contributed by atoms with Gasteiger partial charge < -0.3 is 18.9 Å². The maximum atomic E-state index is 12.7. The number of thioether (sulfide) groups is 1. The summed E-state index contributed by atoms with van der Waals surface area (Å²) >= 11 is 1.39. The second-order valence-corrected chi connectivity index (χ2v) is 8.28. The third kappa shape index (κ3) is 4.69. The number of amides is 1. The summed E-state index contributed by atoms with van der Waals surface area (Å²) in [5, 5.41) is 9.16. The number of hydrogen-bond donors (Lipinski definition) is 0. The molecule has 31 heavy (non-hydrogen) atoms. The van der Waals surface area contributed by atoms with Crippen LogP contribution in [0.15, 0.2) is 47.6 Å². The molecule has 4 rings (SSSR count). The number of aromatic nitrogens is 3. The third-order valence-corrected chi connectivity index (χ3v) is 6.20. The van der Waals surface area contributed by atoms with E-state index < -0.39 is 0 Å². The van der Waals surface area contributed by atoms with Gasteiger partial charge >= 0.3 is 0 Å². The smallest absolute Gasteiger partial charge is 0.237 e. The molecule has 2 heterocycles. The van der Waals surface area contributed by atoms with E-state index in [-0.39, 0.29) is 12.5 Å². The molecule has 0 saturated carbocycles. The average molecular weight is 439 g/mol. The summed E-state index contributed by atoms with van der Waals surface area (Å²) in [5.74, 6) is 2.47. The molecule has 0 N–H and O–H groups in total. The van der Waals surface area contributed by atoms with Crippen LogP contribution in [0, 0.1) is 6.92 Å². The van der Waals surface area contributed by atoms with Crippen molar-refractivity contribution in [1.29, 1.82) is 0 Å². The first-order valence-corrected chi connectivity index (χ1v) is 11.3. The van der Waals surface area contributed by atoms with E-state index in [4.69, 9.17) is 9.47 Å². The van der Waals surface area contributed by atoms with E-state index in [9.17, 15) is 4.79 Å². The van der Waals surface area contributed by atoms with Gasteiger partial charge in [0.25, 0.3) is 0 Å². The molecule has 0 atom stereocenters. The van der Waals surface area contributed by atoms with Gasteiger partial charge in [0.15, 0.2) is 22.5 Å². The van der Waals surface area contributed by atoms with Crippen LogP contribution in [0.1, 0.15) is 23.9 Å². The molecule has 0 fully saturated rings. The van der Waals surface area contributed by atoms with Crippen LogP contribution in [0.5, 0.6) is 11.5 Å². The van der Waals surface area contributed by atoms with Gasteiger partial charge in [0, 0.05) is 19.3 Å². The standard InChI is InChI=1S/C23H26N4O3S/c1-4-29-20-13-16(2)9-10-19(20)30-14-21-24-25-23(26(21)3)31-15-22(28)27-12-11-17-7-5-6-8-18(17)27/h5-10,13H,4,11-12,14-15H2,1-3H3. The number of benzene rings is 2. The molecule has 1 aromatic heterocycles. The Kier molecular flexibility index (Phi) is 6.46. The van der Waals surface area contributed by atoms with Crippen molar-refractivity contribution in [2.45, 2.75) is 32.0 Å². The summed E-state index contributed by atoms with van der Waals surface area (Å²) in [7, 11) is 1.88. The van der Waals surface area contributed by atoms with E-state index in [1.165, 1.54) is 17.3 Å². The molecule has 0 aliphatic carbocycles. The molecule has 3 aromatic rings. The van der Waals surface area contributed by atoms with Crippen molar-refractivity contribution in [3.63, 3.8) is 0 Å². The Bertz CT molecular complexity index is 1080. The van der Waals surface area contributed by atoms with Gasteiger partial charge in [-0.25, -0.2) is 0 Å². The number of anilines is 1. The number of aryl methyl sites for hydroxylation is 1. The Morgan fingerprint density at radius 3 is 2.81 bits per heavy atom. The number of nitrogens with zero attached hydrogens (tertiary/aromatic N) is 4. The Hall–Kier alpha value is -3.00. The van der Waals surface area contributed by atoms with Crippen LogP contribution < -0.4 is 14.4 Å². The van der Waals surface area contributed by atoms with Gasteiger partial charge in [0.05, 0.1) is 12.4 Å². The van der Waals surface area contributed by atoms with E-state index in [1.807, 2.05) is 66.8 Å². The number of carbonyl (C=O) groups is 1. The van der Waals surface area contributed by atoms with Crippen molar-refractivity contribution in [2.75, 3.05) is 23.8 Å². The number of para-hydroxylation sites is 1. The molecule has 1 amide bonds. The van der Waals surface area contributed by atoms with Crippen molar-refractivity contribution in [3.8, 4) is 11.5 Å². The Labute approximate surface area is 186 Å². The number of ether oxygens (including phenoxy) is 2. The molecule has 1 aliphatic heterocycles. The van der Waals surface area contributed by atoms with Gasteiger partial charge in [-0.2, -0.15) is 0 Å². The molecule has 0 spiro atoms. The van der Waals surface area contributed by atoms with Crippen LogP contribution in [-0.4, -0.2) is 39.6 Å². The van der Waals surface area contributed by atoms with E-state index in [0.29, 0.717) is 29.1 Å². The minimum Gasteiger partial charge on any atom is -0.490 e. The summed E-state index contributed by atoms with van der Waals surface area (Å²) < 4.78 is 13.5. The molecule has 162 valence electrons. The van der Waals surface area contributed by atoms with E-state index in [0.717, 1.165) is 30.0 Å².